The molecule has 0 aliphatic rings. The van der Waals surface area contributed by atoms with Crippen molar-refractivity contribution in [3.8, 4) is 0 Å². The van der Waals surface area contributed by atoms with Gasteiger partial charge in [0.1, 0.15) is 5.84 Å². The Kier molecular flexibility index (Phi) is 3.55. The molecule has 2 heteroatoms. The maximum absolute atomic E-state index is 4.38. The Hall–Kier alpha value is -2.09. The summed E-state index contributed by atoms with van der Waals surface area (Å²) in [7, 11) is 3.85. The molecule has 2 aromatic carbocycles. The molecule has 0 aromatic heterocycles. The summed E-state index contributed by atoms with van der Waals surface area (Å²) in [6.45, 7) is 0. The van der Waals surface area contributed by atoms with E-state index in [9.17, 15) is 0 Å². The van der Waals surface area contributed by atoms with E-state index < -0.39 is 0 Å². The van der Waals surface area contributed by atoms with Crippen molar-refractivity contribution in [3.05, 3.63) is 66.2 Å². The minimum absolute atomic E-state index is 0.969. The van der Waals surface area contributed by atoms with Crippen LogP contribution in [-0.4, -0.2) is 19.9 Å². The van der Waals surface area contributed by atoms with Crippen LogP contribution in [0, 0.1) is 0 Å². The van der Waals surface area contributed by atoms with Gasteiger partial charge >= 0.3 is 0 Å². The van der Waals surface area contributed by atoms with E-state index in [-0.39, 0.29) is 0 Å². The summed E-state index contributed by atoms with van der Waals surface area (Å²) in [5, 5.41) is 0. The van der Waals surface area contributed by atoms with Crippen LogP contribution in [0.25, 0.3) is 0 Å². The molecular formula is C15H16N2. The summed E-state index contributed by atoms with van der Waals surface area (Å²) >= 11 is 0. The molecule has 0 N–H and O–H groups in total. The maximum Gasteiger partial charge on any atom is 0.134 e. The third-order valence-corrected chi connectivity index (χ3v) is 2.70. The van der Waals surface area contributed by atoms with Crippen LogP contribution in [0.3, 0.4) is 0 Å². The molecule has 0 saturated heterocycles. The highest BCUT2D eigenvalue weighted by Crippen LogP contribution is 2.15. The molecule has 0 atom stereocenters. The summed E-state index contributed by atoms with van der Waals surface area (Å²) in [4.78, 5) is 6.47. The van der Waals surface area contributed by atoms with Crippen molar-refractivity contribution in [1.82, 2.24) is 0 Å². The third kappa shape index (κ3) is 2.53. The third-order valence-electron chi connectivity index (χ3n) is 2.70. The number of aliphatic imine (C=N–C) groups is 1. The van der Waals surface area contributed by atoms with Gasteiger partial charge in [0.05, 0.1) is 0 Å². The van der Waals surface area contributed by atoms with Crippen molar-refractivity contribution >= 4 is 11.5 Å². The number of hydrogen-bond acceptors (Lipinski definition) is 1. The summed E-state index contributed by atoms with van der Waals surface area (Å²) in [6.07, 6.45) is 0. The second kappa shape index (κ2) is 5.30. The molecular weight excluding hydrogens is 208 g/mol. The van der Waals surface area contributed by atoms with Gasteiger partial charge in [0.25, 0.3) is 0 Å². The summed E-state index contributed by atoms with van der Waals surface area (Å²) in [5.74, 6) is 0.969. The molecule has 2 rings (SSSR count). The van der Waals surface area contributed by atoms with Gasteiger partial charge in [0.15, 0.2) is 0 Å². The fourth-order valence-electron chi connectivity index (χ4n) is 1.83. The predicted octanol–water partition coefficient (Wildman–Crippen LogP) is 3.20. The lowest BCUT2D eigenvalue weighted by atomic mass is 10.2. The van der Waals surface area contributed by atoms with Crippen LogP contribution in [0.4, 0.5) is 5.69 Å². The molecule has 0 bridgehead atoms. The van der Waals surface area contributed by atoms with Crippen LogP contribution in [-0.2, 0) is 0 Å². The van der Waals surface area contributed by atoms with Crippen LogP contribution in [0.2, 0.25) is 0 Å². The highest BCUT2D eigenvalue weighted by Gasteiger charge is 2.09. The molecule has 17 heavy (non-hydrogen) atoms. The quantitative estimate of drug-likeness (QED) is 0.565. The normalized spacial score (nSPS) is 11.3. The van der Waals surface area contributed by atoms with Crippen molar-refractivity contribution in [2.45, 2.75) is 0 Å². The van der Waals surface area contributed by atoms with E-state index >= 15 is 0 Å². The lowest BCUT2D eigenvalue weighted by Crippen LogP contribution is -2.27. The van der Waals surface area contributed by atoms with Gasteiger partial charge in [-0.3, -0.25) is 4.99 Å². The van der Waals surface area contributed by atoms with Gasteiger partial charge < -0.3 is 4.90 Å². The minimum atomic E-state index is 0.969. The Bertz CT molecular complexity index is 489. The Labute approximate surface area is 102 Å². The summed E-state index contributed by atoms with van der Waals surface area (Å²) in [6, 6.07) is 20.4. The lowest BCUT2D eigenvalue weighted by molar-refractivity contribution is 1.22. The van der Waals surface area contributed by atoms with Crippen molar-refractivity contribution < 1.29 is 0 Å². The number of amidine groups is 1. The average Bonchev–Trinajstić information content (AvgIpc) is 2.42. The highest BCUT2D eigenvalue weighted by atomic mass is 15.2. The molecule has 0 heterocycles. The molecule has 86 valence electrons. The number of para-hydroxylation sites is 1. The highest BCUT2D eigenvalue weighted by molar-refractivity contribution is 6.09. The van der Waals surface area contributed by atoms with E-state index in [1.165, 1.54) is 0 Å². The number of nitrogens with zero attached hydrogens (tertiary/aromatic N) is 2. The largest absolute Gasteiger partial charge is 0.329 e. The Morgan fingerprint density at radius 1 is 0.882 bits per heavy atom. The van der Waals surface area contributed by atoms with Gasteiger partial charge in [-0.05, 0) is 12.1 Å². The zero-order chi connectivity index (χ0) is 12.1. The predicted molar refractivity (Wildman–Crippen MR) is 73.7 cm³/mol. The van der Waals surface area contributed by atoms with Gasteiger partial charge in [-0.15, -0.1) is 0 Å². The maximum atomic E-state index is 4.38. The average molecular weight is 224 g/mol. The van der Waals surface area contributed by atoms with Crippen molar-refractivity contribution in [1.29, 1.82) is 0 Å². The van der Waals surface area contributed by atoms with Gasteiger partial charge in [-0.25, -0.2) is 0 Å². The van der Waals surface area contributed by atoms with Gasteiger partial charge in [0.2, 0.25) is 0 Å². The van der Waals surface area contributed by atoms with Gasteiger partial charge in [-0.2, -0.15) is 0 Å². The smallest absolute Gasteiger partial charge is 0.134 e. The second-order valence-corrected chi connectivity index (χ2v) is 3.81. The van der Waals surface area contributed by atoms with Crippen molar-refractivity contribution in [3.63, 3.8) is 0 Å². The monoisotopic (exact) mass is 224 g/mol. The van der Waals surface area contributed by atoms with Crippen LogP contribution in [0.15, 0.2) is 65.7 Å². The molecule has 0 unspecified atom stereocenters. The molecule has 0 aliphatic carbocycles. The summed E-state index contributed by atoms with van der Waals surface area (Å²) < 4.78 is 0. The first kappa shape index (κ1) is 11.4. The molecule has 0 aliphatic heterocycles. The Morgan fingerprint density at radius 3 is 1.94 bits per heavy atom. The molecule has 2 aromatic rings. The van der Waals surface area contributed by atoms with E-state index in [0.29, 0.717) is 0 Å². The second-order valence-electron chi connectivity index (χ2n) is 3.81. The van der Waals surface area contributed by atoms with Crippen LogP contribution in [0.5, 0.6) is 0 Å². The molecule has 0 radical (unpaired) electrons. The fraction of sp³-hybridized carbons (Fsp3) is 0.133. The molecule has 0 spiro atoms. The van der Waals surface area contributed by atoms with Crippen molar-refractivity contribution in [2.75, 3.05) is 19.0 Å². The number of hydrogen-bond donors (Lipinski definition) is 0. The van der Waals surface area contributed by atoms with Crippen LogP contribution >= 0.6 is 0 Å². The van der Waals surface area contributed by atoms with Gasteiger partial charge in [0, 0.05) is 25.3 Å². The Balaban J connectivity index is 2.33. The van der Waals surface area contributed by atoms with E-state index in [1.54, 1.807) is 0 Å². The van der Waals surface area contributed by atoms with Crippen molar-refractivity contribution in [2.24, 2.45) is 4.99 Å². The van der Waals surface area contributed by atoms with Crippen LogP contribution < -0.4 is 4.90 Å². The number of rotatable bonds is 2. The first-order valence-corrected chi connectivity index (χ1v) is 5.64. The van der Waals surface area contributed by atoms with E-state index in [4.69, 9.17) is 0 Å². The van der Waals surface area contributed by atoms with E-state index in [0.717, 1.165) is 17.1 Å². The van der Waals surface area contributed by atoms with Gasteiger partial charge in [-0.1, -0.05) is 48.5 Å². The minimum Gasteiger partial charge on any atom is -0.329 e. The molecule has 0 amide bonds. The summed E-state index contributed by atoms with van der Waals surface area (Å²) in [5.41, 5.74) is 2.26. The first-order chi connectivity index (χ1) is 8.33. The Morgan fingerprint density at radius 2 is 1.41 bits per heavy atom. The van der Waals surface area contributed by atoms with Crippen LogP contribution in [0.1, 0.15) is 5.56 Å². The molecule has 2 nitrogen and oxygen atoms in total. The standard InChI is InChI=1S/C15H16N2/c1-16-15(13-9-5-3-6-10-13)17(2)14-11-7-4-8-12-14/h3-12H,1-2H3. The lowest BCUT2D eigenvalue weighted by Gasteiger charge is -2.21. The molecule has 0 saturated carbocycles. The molecule has 0 fully saturated rings. The zero-order valence-corrected chi connectivity index (χ0v) is 10.2. The fourth-order valence-corrected chi connectivity index (χ4v) is 1.83. The van der Waals surface area contributed by atoms with E-state index in [1.807, 2.05) is 50.5 Å². The topological polar surface area (TPSA) is 15.6 Å². The zero-order valence-electron chi connectivity index (χ0n) is 10.2. The SMILES string of the molecule is CN=C(c1ccccc1)N(C)c1ccccc1. The number of anilines is 1. The van der Waals surface area contributed by atoms with E-state index in [2.05, 4.69) is 34.2 Å². The number of benzene rings is 2. The first-order valence-electron chi connectivity index (χ1n) is 5.64.